The van der Waals surface area contributed by atoms with Gasteiger partial charge in [0.05, 0.1) is 17.6 Å². The number of aromatic amines is 1. The van der Waals surface area contributed by atoms with E-state index in [0.717, 1.165) is 11.1 Å². The van der Waals surface area contributed by atoms with Crippen LogP contribution in [0.3, 0.4) is 0 Å². The van der Waals surface area contributed by atoms with E-state index >= 15 is 4.39 Å². The number of nitro groups is 1. The summed E-state index contributed by atoms with van der Waals surface area (Å²) in [4.78, 5) is 18.3. The van der Waals surface area contributed by atoms with Gasteiger partial charge < -0.3 is 9.72 Å². The SMILES string of the molecule is COc1cc(-c2ccccc2[N+](=O)[O-])c(F)c2nc(-c3ccc(C)cc3)[nH]c12. The van der Waals surface area contributed by atoms with Gasteiger partial charge in [0, 0.05) is 17.2 Å². The molecule has 0 atom stereocenters. The molecule has 0 fully saturated rings. The van der Waals surface area contributed by atoms with Crippen LogP contribution in [-0.2, 0) is 0 Å². The summed E-state index contributed by atoms with van der Waals surface area (Å²) < 4.78 is 20.8. The monoisotopic (exact) mass is 377 g/mol. The van der Waals surface area contributed by atoms with Crippen molar-refractivity contribution < 1.29 is 14.1 Å². The van der Waals surface area contributed by atoms with Gasteiger partial charge in [-0.25, -0.2) is 9.37 Å². The van der Waals surface area contributed by atoms with Crippen molar-refractivity contribution in [2.24, 2.45) is 0 Å². The van der Waals surface area contributed by atoms with Crippen LogP contribution in [0.1, 0.15) is 5.56 Å². The molecule has 0 saturated carbocycles. The van der Waals surface area contributed by atoms with Gasteiger partial charge in [0.2, 0.25) is 0 Å². The molecule has 4 rings (SSSR count). The number of rotatable bonds is 4. The maximum absolute atomic E-state index is 15.3. The van der Waals surface area contributed by atoms with Crippen LogP contribution in [0.5, 0.6) is 5.75 Å². The van der Waals surface area contributed by atoms with Crippen LogP contribution in [0.15, 0.2) is 54.6 Å². The molecule has 1 aromatic heterocycles. The van der Waals surface area contributed by atoms with Crippen molar-refractivity contribution in [2.75, 3.05) is 7.11 Å². The van der Waals surface area contributed by atoms with Crippen LogP contribution in [0.2, 0.25) is 0 Å². The summed E-state index contributed by atoms with van der Waals surface area (Å²) >= 11 is 0. The van der Waals surface area contributed by atoms with Crippen molar-refractivity contribution in [1.82, 2.24) is 9.97 Å². The number of benzene rings is 3. The molecular formula is C21H16FN3O3. The molecule has 0 amide bonds. The highest BCUT2D eigenvalue weighted by atomic mass is 19.1. The van der Waals surface area contributed by atoms with Gasteiger partial charge in [-0.2, -0.15) is 0 Å². The molecule has 0 spiro atoms. The van der Waals surface area contributed by atoms with Crippen LogP contribution in [0, 0.1) is 22.9 Å². The zero-order chi connectivity index (χ0) is 19.8. The fraction of sp³-hybridized carbons (Fsp3) is 0.0952. The molecule has 6 nitrogen and oxygen atoms in total. The average Bonchev–Trinajstić information content (AvgIpc) is 3.15. The summed E-state index contributed by atoms with van der Waals surface area (Å²) in [6, 6.07) is 15.1. The second kappa shape index (κ2) is 6.77. The van der Waals surface area contributed by atoms with Crippen molar-refractivity contribution >= 4 is 16.7 Å². The van der Waals surface area contributed by atoms with Crippen LogP contribution in [-0.4, -0.2) is 22.0 Å². The van der Waals surface area contributed by atoms with Crippen molar-refractivity contribution in [3.8, 4) is 28.3 Å². The number of imidazole rings is 1. The molecule has 0 aliphatic heterocycles. The minimum absolute atomic E-state index is 0.0682. The number of nitrogens with zero attached hydrogens (tertiary/aromatic N) is 2. The summed E-state index contributed by atoms with van der Waals surface area (Å²) in [5.41, 5.74) is 2.43. The molecule has 0 aliphatic rings. The third-order valence-electron chi connectivity index (χ3n) is 4.61. The van der Waals surface area contributed by atoms with Crippen LogP contribution >= 0.6 is 0 Å². The first-order valence-electron chi connectivity index (χ1n) is 8.56. The molecule has 0 radical (unpaired) electrons. The number of hydrogen-bond acceptors (Lipinski definition) is 4. The first kappa shape index (κ1) is 17.7. The maximum Gasteiger partial charge on any atom is 0.277 e. The fourth-order valence-corrected chi connectivity index (χ4v) is 3.17. The number of H-pyrrole nitrogens is 1. The third kappa shape index (κ3) is 2.87. The van der Waals surface area contributed by atoms with Crippen LogP contribution < -0.4 is 4.74 Å². The summed E-state index contributed by atoms with van der Waals surface area (Å²) in [6.45, 7) is 1.98. The number of methoxy groups -OCH3 is 1. The number of ether oxygens (including phenoxy) is 1. The van der Waals surface area contributed by atoms with E-state index in [1.54, 1.807) is 12.1 Å². The highest BCUT2D eigenvalue weighted by Gasteiger charge is 2.23. The molecule has 0 bridgehead atoms. The minimum Gasteiger partial charge on any atom is -0.494 e. The standard InChI is InChI=1S/C21H16FN3O3/c1-12-7-9-13(10-8-12)21-23-19-17(28-2)11-15(18(22)20(19)24-21)14-5-3-4-6-16(14)25(26)27/h3-11H,1-2H3,(H,23,24). The largest absolute Gasteiger partial charge is 0.494 e. The lowest BCUT2D eigenvalue weighted by Crippen LogP contribution is -1.96. The minimum atomic E-state index is -0.639. The predicted octanol–water partition coefficient (Wildman–Crippen LogP) is 5.26. The lowest BCUT2D eigenvalue weighted by Gasteiger charge is -2.08. The van der Waals surface area contributed by atoms with E-state index in [-0.39, 0.29) is 22.3 Å². The Balaban J connectivity index is 1.97. The van der Waals surface area contributed by atoms with Crippen LogP contribution in [0.25, 0.3) is 33.5 Å². The Hall–Kier alpha value is -3.74. The Labute approximate surface area is 159 Å². The third-order valence-corrected chi connectivity index (χ3v) is 4.61. The zero-order valence-corrected chi connectivity index (χ0v) is 15.2. The number of nitrogens with one attached hydrogen (secondary N) is 1. The lowest BCUT2D eigenvalue weighted by molar-refractivity contribution is -0.384. The van der Waals surface area contributed by atoms with Gasteiger partial charge in [0.15, 0.2) is 5.82 Å². The van der Waals surface area contributed by atoms with Crippen molar-refractivity contribution in [2.45, 2.75) is 6.92 Å². The molecule has 28 heavy (non-hydrogen) atoms. The quantitative estimate of drug-likeness (QED) is 0.388. The summed E-state index contributed by atoms with van der Waals surface area (Å²) in [7, 11) is 1.46. The van der Waals surface area contributed by atoms with E-state index in [0.29, 0.717) is 17.1 Å². The summed E-state index contributed by atoms with van der Waals surface area (Å²) in [6.07, 6.45) is 0. The highest BCUT2D eigenvalue weighted by molar-refractivity contribution is 5.92. The molecule has 0 unspecified atom stereocenters. The topological polar surface area (TPSA) is 81.1 Å². The highest BCUT2D eigenvalue weighted by Crippen LogP contribution is 2.39. The van der Waals surface area contributed by atoms with Gasteiger partial charge in [-0.15, -0.1) is 0 Å². The van der Waals surface area contributed by atoms with Crippen molar-refractivity contribution in [3.05, 3.63) is 76.1 Å². The first-order chi connectivity index (χ1) is 13.5. The number of halogens is 1. The van der Waals surface area contributed by atoms with Gasteiger partial charge in [0.1, 0.15) is 22.6 Å². The Morgan fingerprint density at radius 2 is 1.82 bits per heavy atom. The van der Waals surface area contributed by atoms with E-state index in [2.05, 4.69) is 9.97 Å². The smallest absolute Gasteiger partial charge is 0.277 e. The van der Waals surface area contributed by atoms with Crippen molar-refractivity contribution in [3.63, 3.8) is 0 Å². The molecule has 0 saturated heterocycles. The molecule has 140 valence electrons. The Bertz CT molecular complexity index is 1200. The zero-order valence-electron chi connectivity index (χ0n) is 15.2. The predicted molar refractivity (Wildman–Crippen MR) is 105 cm³/mol. The number of hydrogen-bond donors (Lipinski definition) is 1. The van der Waals surface area contributed by atoms with Crippen molar-refractivity contribution in [1.29, 1.82) is 0 Å². The molecule has 0 aliphatic carbocycles. The second-order valence-corrected chi connectivity index (χ2v) is 6.39. The van der Waals surface area contributed by atoms with Gasteiger partial charge in [-0.3, -0.25) is 10.1 Å². The fourth-order valence-electron chi connectivity index (χ4n) is 3.17. The van der Waals surface area contributed by atoms with Gasteiger partial charge >= 0.3 is 0 Å². The second-order valence-electron chi connectivity index (χ2n) is 6.39. The van der Waals surface area contributed by atoms with Gasteiger partial charge in [-0.1, -0.05) is 42.0 Å². The van der Waals surface area contributed by atoms with E-state index in [1.165, 1.54) is 25.3 Å². The summed E-state index contributed by atoms with van der Waals surface area (Å²) in [5.74, 6) is 0.210. The first-order valence-corrected chi connectivity index (χ1v) is 8.56. The van der Waals surface area contributed by atoms with Crippen LogP contribution in [0.4, 0.5) is 10.1 Å². The summed E-state index contributed by atoms with van der Waals surface area (Å²) in [5, 5.41) is 11.4. The number of aromatic nitrogens is 2. The lowest BCUT2D eigenvalue weighted by atomic mass is 10.0. The number of fused-ring (bicyclic) bond motifs is 1. The molecule has 4 aromatic rings. The Morgan fingerprint density at radius 1 is 1.11 bits per heavy atom. The van der Waals surface area contributed by atoms with E-state index in [1.807, 2.05) is 31.2 Å². The number of para-hydroxylation sites is 1. The molecule has 7 heteroatoms. The normalized spacial score (nSPS) is 11.0. The number of aryl methyl sites for hydroxylation is 1. The molecule has 3 aromatic carbocycles. The molecular weight excluding hydrogens is 361 g/mol. The Morgan fingerprint density at radius 3 is 2.50 bits per heavy atom. The average molecular weight is 377 g/mol. The number of nitro benzene ring substituents is 1. The molecule has 1 heterocycles. The van der Waals surface area contributed by atoms with Gasteiger partial charge in [0.25, 0.3) is 5.69 Å². The van der Waals surface area contributed by atoms with E-state index in [4.69, 9.17) is 4.74 Å². The van der Waals surface area contributed by atoms with E-state index < -0.39 is 10.7 Å². The Kier molecular flexibility index (Phi) is 4.27. The van der Waals surface area contributed by atoms with E-state index in [9.17, 15) is 10.1 Å². The van der Waals surface area contributed by atoms with Gasteiger partial charge in [-0.05, 0) is 19.1 Å². The molecule has 1 N–H and O–H groups in total. The maximum atomic E-state index is 15.3.